The van der Waals surface area contributed by atoms with Gasteiger partial charge in [0.05, 0.1) is 33.9 Å². The van der Waals surface area contributed by atoms with Gasteiger partial charge in [-0.05, 0) is 127 Å². The minimum atomic E-state index is -0.648. The van der Waals surface area contributed by atoms with Crippen LogP contribution in [0.25, 0.3) is 0 Å². The number of esters is 1. The average Bonchev–Trinajstić information content (AvgIpc) is 3.11. The molecule has 6 rings (SSSR count). The third-order valence-corrected chi connectivity index (χ3v) is 11.7. The summed E-state index contributed by atoms with van der Waals surface area (Å²) in [6.45, 7) is 27.3. The minimum Gasteiger partial charge on any atom is -0.463 e. The summed E-state index contributed by atoms with van der Waals surface area (Å²) in [4.78, 5) is 28.5. The molecule has 3 aliphatic heterocycles. The van der Waals surface area contributed by atoms with Gasteiger partial charge in [-0.15, -0.1) is 0 Å². The molecule has 0 N–H and O–H groups in total. The van der Waals surface area contributed by atoms with Crippen molar-refractivity contribution in [3.8, 4) is 0 Å². The lowest BCUT2D eigenvalue weighted by Crippen LogP contribution is -2.77. The van der Waals surface area contributed by atoms with Crippen molar-refractivity contribution < 1.29 is 37.7 Å². The first-order valence-electron chi connectivity index (χ1n) is 16.4. The average molecular weight is 603 g/mol. The van der Waals surface area contributed by atoms with Crippen molar-refractivity contribution in [3.63, 3.8) is 0 Å². The van der Waals surface area contributed by atoms with E-state index in [1.165, 1.54) is 0 Å². The van der Waals surface area contributed by atoms with Crippen LogP contribution in [0.15, 0.2) is 0 Å². The highest BCUT2D eigenvalue weighted by molar-refractivity contribution is 6.52. The first-order chi connectivity index (χ1) is 19.5. The summed E-state index contributed by atoms with van der Waals surface area (Å²) in [5.41, 5.74) is -3.51. The molecule has 0 aromatic rings. The molecule has 11 heteroatoms. The highest BCUT2D eigenvalue weighted by atomic mass is 16.7. The minimum absolute atomic E-state index is 0.00733. The fourth-order valence-corrected chi connectivity index (χ4v) is 8.22. The second-order valence-electron chi connectivity index (χ2n) is 17.3. The summed E-state index contributed by atoms with van der Waals surface area (Å²) in [6.07, 6.45) is 2.52. The quantitative estimate of drug-likeness (QED) is 0.259. The predicted molar refractivity (Wildman–Crippen MR) is 166 cm³/mol. The highest BCUT2D eigenvalue weighted by Crippen LogP contribution is 2.87. The van der Waals surface area contributed by atoms with Crippen molar-refractivity contribution in [1.82, 2.24) is 4.90 Å². The zero-order valence-electron chi connectivity index (χ0n) is 28.9. The normalized spacial score (nSPS) is 34.9. The van der Waals surface area contributed by atoms with Crippen LogP contribution in [-0.4, -0.2) is 78.4 Å². The van der Waals surface area contributed by atoms with Crippen molar-refractivity contribution in [1.29, 1.82) is 0 Å². The van der Waals surface area contributed by atoms with Gasteiger partial charge in [-0.2, -0.15) is 0 Å². The van der Waals surface area contributed by atoms with E-state index in [-0.39, 0.29) is 41.1 Å². The predicted octanol–water partition coefficient (Wildman–Crippen LogP) is 6.29. The zero-order valence-corrected chi connectivity index (χ0v) is 28.9. The van der Waals surface area contributed by atoms with E-state index >= 15 is 0 Å². The number of carbonyl (C=O) groups is 2. The molecule has 3 saturated carbocycles. The lowest BCUT2D eigenvalue weighted by Gasteiger charge is -2.78. The molecule has 2 bridgehead atoms. The molecule has 0 aromatic carbocycles. The topological polar surface area (TPSA) is 92.8 Å². The number of hydrogen-bond donors (Lipinski definition) is 0. The summed E-state index contributed by atoms with van der Waals surface area (Å²) in [5.74, 6) is -0.124. The first-order valence-corrected chi connectivity index (χ1v) is 16.4. The Morgan fingerprint density at radius 1 is 0.814 bits per heavy atom. The summed E-state index contributed by atoms with van der Waals surface area (Å²) < 4.78 is 38.5. The van der Waals surface area contributed by atoms with Crippen LogP contribution in [-0.2, 0) is 32.9 Å². The Bertz CT molecular complexity index is 1080. The number of carbonyl (C=O) groups excluding carboxylic acids is 2. The Balaban J connectivity index is 1.47. The van der Waals surface area contributed by atoms with E-state index in [9.17, 15) is 9.59 Å². The number of rotatable bonds is 6. The van der Waals surface area contributed by atoms with Crippen molar-refractivity contribution in [3.05, 3.63) is 0 Å². The SMILES string of the molecule is CC(C)OC(=O)C12CC(C(B3OC(C)(C)C(C)(C)O3)C3CCN(C(=O)OC(C)(C)C)CC3)(C1)C2B1OC(C)(C)C(C)(C)O1. The standard InChI is InChI=1S/C32H55B2NO8/c1-20(2)38-24(36)32-18-31(19-32,23(32)34-42-29(10,11)30(12,13)43-34)22(33-40-27(6,7)28(8,9)41-33)21-14-16-35(17-15-21)25(37)39-26(3,4)5/h20-23H,14-19H2,1-13H3. The van der Waals surface area contributed by atoms with Gasteiger partial charge in [-0.25, -0.2) is 4.79 Å². The lowest BCUT2D eigenvalue weighted by atomic mass is 9.16. The summed E-state index contributed by atoms with van der Waals surface area (Å²) in [7, 11) is -0.994. The molecule has 43 heavy (non-hydrogen) atoms. The van der Waals surface area contributed by atoms with Gasteiger partial charge in [-0.3, -0.25) is 4.79 Å². The molecule has 1 amide bonds. The van der Waals surface area contributed by atoms with Crippen molar-refractivity contribution >= 4 is 26.3 Å². The molecule has 242 valence electrons. The maximum Gasteiger partial charge on any atom is 0.462 e. The smallest absolute Gasteiger partial charge is 0.462 e. The van der Waals surface area contributed by atoms with Gasteiger partial charge >= 0.3 is 26.3 Å². The van der Waals surface area contributed by atoms with E-state index in [4.69, 9.17) is 28.1 Å². The van der Waals surface area contributed by atoms with Crippen LogP contribution in [0.5, 0.6) is 0 Å². The monoisotopic (exact) mass is 603 g/mol. The van der Waals surface area contributed by atoms with E-state index in [1.54, 1.807) is 0 Å². The molecule has 0 spiro atoms. The van der Waals surface area contributed by atoms with Crippen LogP contribution in [0.1, 0.15) is 116 Å². The Hall–Kier alpha value is -1.29. The summed E-state index contributed by atoms with van der Waals surface area (Å²) in [5, 5.41) is 0. The highest BCUT2D eigenvalue weighted by Gasteiger charge is 2.87. The molecular formula is C32H55B2NO8. The fourth-order valence-electron chi connectivity index (χ4n) is 8.22. The van der Waals surface area contributed by atoms with E-state index in [0.29, 0.717) is 25.9 Å². The van der Waals surface area contributed by atoms with Gasteiger partial charge in [0.25, 0.3) is 0 Å². The van der Waals surface area contributed by atoms with E-state index < -0.39 is 47.7 Å². The van der Waals surface area contributed by atoms with Crippen molar-refractivity contribution in [2.75, 3.05) is 13.1 Å². The molecule has 0 radical (unpaired) electrons. The van der Waals surface area contributed by atoms with Crippen molar-refractivity contribution in [2.45, 2.75) is 161 Å². The number of nitrogens with zero attached hydrogens (tertiary/aromatic N) is 1. The third kappa shape index (κ3) is 5.26. The number of amides is 1. The van der Waals surface area contributed by atoms with Gasteiger partial charge < -0.3 is 33.0 Å². The molecule has 9 nitrogen and oxygen atoms in total. The molecule has 3 aliphatic carbocycles. The molecule has 3 heterocycles. The maximum absolute atomic E-state index is 13.7. The van der Waals surface area contributed by atoms with Crippen LogP contribution in [0, 0.1) is 16.7 Å². The molecule has 2 atom stereocenters. The molecule has 2 unspecified atom stereocenters. The van der Waals surface area contributed by atoms with Crippen LogP contribution < -0.4 is 0 Å². The van der Waals surface area contributed by atoms with Crippen LogP contribution in [0.4, 0.5) is 4.79 Å². The molecule has 6 aliphatic rings. The largest absolute Gasteiger partial charge is 0.463 e. The maximum atomic E-state index is 13.7. The van der Waals surface area contributed by atoms with E-state index in [2.05, 4.69) is 55.4 Å². The number of piperidine rings is 1. The zero-order chi connectivity index (χ0) is 32.2. The van der Waals surface area contributed by atoms with Crippen LogP contribution in [0.2, 0.25) is 11.6 Å². The Morgan fingerprint density at radius 2 is 1.28 bits per heavy atom. The van der Waals surface area contributed by atoms with Gasteiger partial charge in [0, 0.05) is 24.7 Å². The second-order valence-corrected chi connectivity index (χ2v) is 17.3. The molecular weight excluding hydrogens is 548 g/mol. The fraction of sp³-hybridized carbons (Fsp3) is 0.938. The molecule has 6 fully saturated rings. The first kappa shape index (κ1) is 33.1. The Morgan fingerprint density at radius 3 is 1.72 bits per heavy atom. The van der Waals surface area contributed by atoms with Gasteiger partial charge in [0.2, 0.25) is 0 Å². The van der Waals surface area contributed by atoms with E-state index in [1.807, 2.05) is 39.5 Å². The Kier molecular flexibility index (Phi) is 7.77. The van der Waals surface area contributed by atoms with E-state index in [0.717, 1.165) is 12.8 Å². The van der Waals surface area contributed by atoms with Crippen molar-refractivity contribution in [2.24, 2.45) is 16.7 Å². The Labute approximate surface area is 260 Å². The molecule has 0 aromatic heterocycles. The van der Waals surface area contributed by atoms with Crippen LogP contribution in [0.3, 0.4) is 0 Å². The third-order valence-electron chi connectivity index (χ3n) is 11.7. The molecule has 3 saturated heterocycles. The van der Waals surface area contributed by atoms with Crippen LogP contribution >= 0.6 is 0 Å². The lowest BCUT2D eigenvalue weighted by molar-refractivity contribution is -0.243. The number of ether oxygens (including phenoxy) is 2. The number of hydrogen-bond acceptors (Lipinski definition) is 8. The second kappa shape index (κ2) is 10.1. The van der Waals surface area contributed by atoms with Gasteiger partial charge in [-0.1, -0.05) is 0 Å². The van der Waals surface area contributed by atoms with Gasteiger partial charge in [0.1, 0.15) is 5.60 Å². The summed E-state index contributed by atoms with van der Waals surface area (Å²) in [6, 6.07) is 0. The van der Waals surface area contributed by atoms with Gasteiger partial charge in [0.15, 0.2) is 0 Å². The number of likely N-dealkylation sites (tertiary alicyclic amines) is 1. The summed E-state index contributed by atoms with van der Waals surface area (Å²) >= 11 is 0.